The van der Waals surface area contributed by atoms with Crippen molar-refractivity contribution in [3.63, 3.8) is 0 Å². The Hall–Kier alpha value is -1.71. The van der Waals surface area contributed by atoms with Gasteiger partial charge in [-0.1, -0.05) is 0 Å². The minimum absolute atomic E-state index is 0. The Morgan fingerprint density at radius 2 is 2.05 bits per heavy atom. The number of nitrogens with two attached hydrogens (primary N) is 1. The van der Waals surface area contributed by atoms with Crippen molar-refractivity contribution in [1.82, 2.24) is 9.97 Å². The van der Waals surface area contributed by atoms with Gasteiger partial charge in [0.2, 0.25) is 5.92 Å². The molecule has 0 bridgehead atoms. The van der Waals surface area contributed by atoms with E-state index >= 15 is 0 Å². The molecule has 0 aliphatic heterocycles. The first kappa shape index (κ1) is 16.7. The van der Waals surface area contributed by atoms with Crippen molar-refractivity contribution in [3.05, 3.63) is 29.6 Å². The molecular weight excluding hydrogens is 310 g/mol. The number of hydrogen-bond donors (Lipinski definition) is 2. The summed E-state index contributed by atoms with van der Waals surface area (Å²) in [6, 6.07) is 6.87. The number of nitriles is 1. The third kappa shape index (κ3) is 3.21. The highest BCUT2D eigenvalue weighted by Crippen LogP contribution is 2.40. The maximum absolute atomic E-state index is 13.2. The highest BCUT2D eigenvalue weighted by molar-refractivity contribution is 5.85. The summed E-state index contributed by atoms with van der Waals surface area (Å²) in [4.78, 5) is 7.55. The Labute approximate surface area is 133 Å². The molecule has 1 fully saturated rings. The van der Waals surface area contributed by atoms with Crippen molar-refractivity contribution < 1.29 is 8.78 Å². The summed E-state index contributed by atoms with van der Waals surface area (Å²) in [6.07, 6.45) is 0.609. The maximum atomic E-state index is 13.2. The minimum Gasteiger partial charge on any atom is -0.341 e. The molecule has 4 nitrogen and oxygen atoms in total. The van der Waals surface area contributed by atoms with Crippen LogP contribution in [-0.4, -0.2) is 15.9 Å². The number of H-pyrrole nitrogens is 1. The van der Waals surface area contributed by atoms with Gasteiger partial charge in [0, 0.05) is 12.8 Å². The summed E-state index contributed by atoms with van der Waals surface area (Å²) in [6.45, 7) is 0. The second kappa shape index (κ2) is 6.19. The lowest BCUT2D eigenvalue weighted by atomic mass is 9.82. The molecule has 0 saturated heterocycles. The molecule has 1 saturated carbocycles. The molecule has 1 heterocycles. The highest BCUT2D eigenvalue weighted by atomic mass is 35.5. The van der Waals surface area contributed by atoms with E-state index in [9.17, 15) is 8.78 Å². The molecule has 0 spiro atoms. The quantitative estimate of drug-likeness (QED) is 0.883. The zero-order valence-electron chi connectivity index (χ0n) is 11.9. The molecule has 7 heteroatoms. The predicted octanol–water partition coefficient (Wildman–Crippen LogP) is 3.68. The van der Waals surface area contributed by atoms with Crippen LogP contribution in [0.5, 0.6) is 0 Å². The molecule has 1 atom stereocenters. The van der Waals surface area contributed by atoms with E-state index in [2.05, 4.69) is 16.0 Å². The summed E-state index contributed by atoms with van der Waals surface area (Å²) < 4.78 is 26.4. The first-order valence-electron chi connectivity index (χ1n) is 7.02. The van der Waals surface area contributed by atoms with Crippen molar-refractivity contribution in [2.24, 2.45) is 11.7 Å². The molecule has 2 aromatic rings. The van der Waals surface area contributed by atoms with Crippen LogP contribution < -0.4 is 5.73 Å². The van der Waals surface area contributed by atoms with Gasteiger partial charge in [0.25, 0.3) is 0 Å². The molecule has 3 N–H and O–H groups in total. The van der Waals surface area contributed by atoms with E-state index in [1.54, 1.807) is 18.2 Å². The van der Waals surface area contributed by atoms with Gasteiger partial charge in [-0.2, -0.15) is 5.26 Å². The average Bonchev–Trinajstić information content (AvgIpc) is 2.89. The van der Waals surface area contributed by atoms with Crippen molar-refractivity contribution in [2.75, 3.05) is 0 Å². The number of hydrogen-bond acceptors (Lipinski definition) is 3. The molecule has 1 aliphatic rings. The fraction of sp³-hybridized carbons (Fsp3) is 0.467. The number of rotatable bonds is 2. The third-order valence-corrected chi connectivity index (χ3v) is 4.22. The van der Waals surface area contributed by atoms with Crippen LogP contribution in [-0.2, 0) is 0 Å². The van der Waals surface area contributed by atoms with Crippen LogP contribution in [0.3, 0.4) is 0 Å². The van der Waals surface area contributed by atoms with Gasteiger partial charge in [0.15, 0.2) is 0 Å². The molecule has 1 aromatic carbocycles. The summed E-state index contributed by atoms with van der Waals surface area (Å²) in [5.41, 5.74) is 8.21. The molecule has 3 rings (SSSR count). The standard InChI is InChI=1S/C15H16F2N4.ClH/c16-15(17)5-3-10(4-6-15)13(19)14-20-11-2-1-9(8-18)7-12(11)21-14;/h1-2,7,10,13H,3-6,19H2,(H,20,21);1H/t13-;/m0./s1. The molecule has 0 amide bonds. The van der Waals surface area contributed by atoms with Crippen molar-refractivity contribution in [1.29, 1.82) is 5.26 Å². The minimum atomic E-state index is -2.55. The van der Waals surface area contributed by atoms with E-state index in [4.69, 9.17) is 11.0 Å². The highest BCUT2D eigenvalue weighted by Gasteiger charge is 2.37. The number of halogens is 3. The van der Waals surface area contributed by atoms with E-state index in [0.29, 0.717) is 29.7 Å². The van der Waals surface area contributed by atoms with Crippen LogP contribution in [0, 0.1) is 17.2 Å². The fourth-order valence-electron chi connectivity index (χ4n) is 2.90. The first-order valence-corrected chi connectivity index (χ1v) is 7.02. The van der Waals surface area contributed by atoms with Crippen LogP contribution in [0.15, 0.2) is 18.2 Å². The van der Waals surface area contributed by atoms with Crippen molar-refractivity contribution in [3.8, 4) is 6.07 Å². The average molecular weight is 327 g/mol. The largest absolute Gasteiger partial charge is 0.341 e. The Balaban J connectivity index is 0.00000176. The summed E-state index contributed by atoms with van der Waals surface area (Å²) in [5.74, 6) is -1.93. The van der Waals surface area contributed by atoms with Crippen LogP contribution in [0.4, 0.5) is 8.78 Å². The summed E-state index contributed by atoms with van der Waals surface area (Å²) in [5, 5.41) is 8.88. The Bertz CT molecular complexity index is 697. The van der Waals surface area contributed by atoms with Crippen molar-refractivity contribution >= 4 is 23.4 Å². The third-order valence-electron chi connectivity index (χ3n) is 4.22. The Morgan fingerprint density at radius 1 is 1.36 bits per heavy atom. The van der Waals surface area contributed by atoms with Crippen LogP contribution in [0.2, 0.25) is 0 Å². The van der Waals surface area contributed by atoms with Crippen LogP contribution in [0.25, 0.3) is 11.0 Å². The molecule has 0 radical (unpaired) electrons. The normalized spacial score (nSPS) is 19.4. The number of aromatic nitrogens is 2. The van der Waals surface area contributed by atoms with E-state index in [1.165, 1.54) is 0 Å². The molecule has 0 unspecified atom stereocenters. The van der Waals surface area contributed by atoms with Crippen LogP contribution >= 0.6 is 12.4 Å². The smallest absolute Gasteiger partial charge is 0.248 e. The van der Waals surface area contributed by atoms with Gasteiger partial charge in [-0.15, -0.1) is 12.4 Å². The number of imidazole rings is 1. The van der Waals surface area contributed by atoms with E-state index in [0.717, 1.165) is 5.52 Å². The molecule has 1 aromatic heterocycles. The van der Waals surface area contributed by atoms with Gasteiger partial charge in [-0.25, -0.2) is 13.8 Å². The fourth-order valence-corrected chi connectivity index (χ4v) is 2.90. The van der Waals surface area contributed by atoms with Gasteiger partial charge in [-0.05, 0) is 37.0 Å². The predicted molar refractivity (Wildman–Crippen MR) is 81.9 cm³/mol. The molecule has 22 heavy (non-hydrogen) atoms. The molecule has 1 aliphatic carbocycles. The zero-order valence-corrected chi connectivity index (χ0v) is 12.7. The number of fused-ring (bicyclic) bond motifs is 1. The lowest BCUT2D eigenvalue weighted by Crippen LogP contribution is -2.31. The van der Waals surface area contributed by atoms with E-state index in [-0.39, 0.29) is 37.2 Å². The first-order chi connectivity index (χ1) is 9.98. The SMILES string of the molecule is Cl.N#Cc1ccc2[nH]c([C@@H](N)C3CCC(F)(F)CC3)nc2c1. The summed E-state index contributed by atoms with van der Waals surface area (Å²) >= 11 is 0. The zero-order chi connectivity index (χ0) is 15.0. The van der Waals surface area contributed by atoms with Crippen LogP contribution in [0.1, 0.15) is 43.1 Å². The Kier molecular flexibility index (Phi) is 4.69. The second-order valence-electron chi connectivity index (χ2n) is 5.68. The lowest BCUT2D eigenvalue weighted by Gasteiger charge is -2.31. The summed E-state index contributed by atoms with van der Waals surface area (Å²) in [7, 11) is 0. The Morgan fingerprint density at radius 3 is 2.68 bits per heavy atom. The number of aromatic amines is 1. The van der Waals surface area contributed by atoms with Gasteiger partial charge in [-0.3, -0.25) is 0 Å². The van der Waals surface area contributed by atoms with Gasteiger partial charge < -0.3 is 10.7 Å². The van der Waals surface area contributed by atoms with E-state index in [1.807, 2.05) is 0 Å². The number of benzene rings is 1. The van der Waals surface area contributed by atoms with Crippen molar-refractivity contribution in [2.45, 2.75) is 37.6 Å². The lowest BCUT2D eigenvalue weighted by molar-refractivity contribution is -0.0486. The van der Waals surface area contributed by atoms with Gasteiger partial charge >= 0.3 is 0 Å². The van der Waals surface area contributed by atoms with Gasteiger partial charge in [0.05, 0.1) is 28.7 Å². The van der Waals surface area contributed by atoms with Gasteiger partial charge in [0.1, 0.15) is 5.82 Å². The number of alkyl halides is 2. The van der Waals surface area contributed by atoms with E-state index < -0.39 is 5.92 Å². The monoisotopic (exact) mass is 326 g/mol. The topological polar surface area (TPSA) is 78.5 Å². The molecular formula is C15H17ClF2N4. The second-order valence-corrected chi connectivity index (χ2v) is 5.68. The molecule has 118 valence electrons. The number of nitrogens with zero attached hydrogens (tertiary/aromatic N) is 2. The number of nitrogens with one attached hydrogen (secondary N) is 1. The maximum Gasteiger partial charge on any atom is 0.248 e.